The first-order valence-electron chi connectivity index (χ1n) is 7.96. The Balaban J connectivity index is 1.97. The molecule has 0 aliphatic carbocycles. The number of hydrogen-bond acceptors (Lipinski definition) is 3. The van der Waals surface area contributed by atoms with Crippen molar-refractivity contribution in [2.75, 3.05) is 6.54 Å². The van der Waals surface area contributed by atoms with Crippen LogP contribution in [0.15, 0.2) is 6.07 Å². The summed E-state index contributed by atoms with van der Waals surface area (Å²) in [5.74, 6) is 0. The third kappa shape index (κ3) is 4.31. The number of aryl methyl sites for hydroxylation is 1. The van der Waals surface area contributed by atoms with Crippen molar-refractivity contribution in [1.29, 1.82) is 0 Å². The monoisotopic (exact) mass is 294 g/mol. The van der Waals surface area contributed by atoms with Crippen molar-refractivity contribution in [1.82, 2.24) is 10.2 Å². The molecule has 0 aromatic carbocycles. The molecule has 2 heterocycles. The second kappa shape index (κ2) is 6.59. The Labute approximate surface area is 128 Å². The maximum atomic E-state index is 3.59. The first-order valence-corrected chi connectivity index (χ1v) is 8.78. The topological polar surface area (TPSA) is 15.3 Å². The lowest BCUT2D eigenvalue weighted by Crippen LogP contribution is -2.34. The van der Waals surface area contributed by atoms with Crippen LogP contribution in [0.4, 0.5) is 0 Å². The average molecular weight is 295 g/mol. The number of nitrogens with zero attached hydrogens (tertiary/aromatic N) is 1. The van der Waals surface area contributed by atoms with Gasteiger partial charge in [-0.3, -0.25) is 4.90 Å². The Hall–Kier alpha value is -0.380. The molecule has 114 valence electrons. The predicted molar refractivity (Wildman–Crippen MR) is 89.4 cm³/mol. The second-order valence-corrected chi connectivity index (χ2v) is 8.41. The zero-order chi connectivity index (χ0) is 14.8. The summed E-state index contributed by atoms with van der Waals surface area (Å²) in [7, 11) is 0. The minimum atomic E-state index is 0.195. The van der Waals surface area contributed by atoms with Crippen molar-refractivity contribution >= 4 is 11.3 Å². The maximum Gasteiger partial charge on any atom is 0.0304 e. The Morgan fingerprint density at radius 3 is 2.80 bits per heavy atom. The molecule has 0 amide bonds. The van der Waals surface area contributed by atoms with Gasteiger partial charge in [0.1, 0.15) is 0 Å². The van der Waals surface area contributed by atoms with Gasteiger partial charge in [-0.25, -0.2) is 0 Å². The van der Waals surface area contributed by atoms with E-state index in [4.69, 9.17) is 0 Å². The van der Waals surface area contributed by atoms with Gasteiger partial charge in [0, 0.05) is 34.4 Å². The molecule has 1 fully saturated rings. The van der Waals surface area contributed by atoms with E-state index in [9.17, 15) is 0 Å². The van der Waals surface area contributed by atoms with Gasteiger partial charge in [0.15, 0.2) is 0 Å². The van der Waals surface area contributed by atoms with Crippen LogP contribution < -0.4 is 5.32 Å². The van der Waals surface area contributed by atoms with Crippen LogP contribution in [0.5, 0.6) is 0 Å². The molecule has 3 heteroatoms. The molecule has 0 radical (unpaired) electrons. The Kier molecular flexibility index (Phi) is 5.27. The summed E-state index contributed by atoms with van der Waals surface area (Å²) >= 11 is 1.96. The summed E-state index contributed by atoms with van der Waals surface area (Å²) in [6.45, 7) is 14.7. The first kappa shape index (κ1) is 16.0. The van der Waals surface area contributed by atoms with Crippen molar-refractivity contribution in [2.24, 2.45) is 0 Å². The highest BCUT2D eigenvalue weighted by molar-refractivity contribution is 7.12. The van der Waals surface area contributed by atoms with Crippen LogP contribution in [0.3, 0.4) is 0 Å². The van der Waals surface area contributed by atoms with Crippen LogP contribution in [0.25, 0.3) is 0 Å². The number of thiophene rings is 1. The van der Waals surface area contributed by atoms with Gasteiger partial charge in [0.05, 0.1) is 0 Å². The van der Waals surface area contributed by atoms with Crippen LogP contribution in [-0.4, -0.2) is 23.0 Å². The maximum absolute atomic E-state index is 3.59. The zero-order valence-corrected chi connectivity index (χ0v) is 14.6. The smallest absolute Gasteiger partial charge is 0.0304 e. The molecule has 1 aliphatic rings. The standard InChI is InChI=1S/C17H30N2S/c1-6-15-8-7-9-19(15)12-14-10-16(20-13(14)2)11-18-17(3,4)5/h10,15,18H,6-9,11-12H2,1-5H3. The van der Waals surface area contributed by atoms with Gasteiger partial charge in [-0.05, 0) is 65.1 Å². The lowest BCUT2D eigenvalue weighted by molar-refractivity contribution is 0.240. The van der Waals surface area contributed by atoms with E-state index in [0.29, 0.717) is 0 Å². The summed E-state index contributed by atoms with van der Waals surface area (Å²) in [5, 5.41) is 3.59. The first-order chi connectivity index (χ1) is 9.39. The molecule has 1 unspecified atom stereocenters. The van der Waals surface area contributed by atoms with E-state index in [1.165, 1.54) is 35.6 Å². The molecule has 1 aliphatic heterocycles. The van der Waals surface area contributed by atoms with Crippen molar-refractivity contribution < 1.29 is 0 Å². The molecule has 0 saturated carbocycles. The van der Waals surface area contributed by atoms with Crippen molar-refractivity contribution in [2.45, 2.75) is 78.6 Å². The third-order valence-electron chi connectivity index (χ3n) is 4.21. The number of likely N-dealkylation sites (tertiary alicyclic amines) is 1. The normalized spacial score (nSPS) is 20.8. The largest absolute Gasteiger partial charge is 0.307 e. The molecule has 0 bridgehead atoms. The number of rotatable bonds is 5. The molecule has 1 N–H and O–H groups in total. The van der Waals surface area contributed by atoms with E-state index < -0.39 is 0 Å². The van der Waals surface area contributed by atoms with Gasteiger partial charge in [-0.15, -0.1) is 11.3 Å². The molecule has 0 spiro atoms. The summed E-state index contributed by atoms with van der Waals surface area (Å²) in [5.41, 5.74) is 1.74. The summed E-state index contributed by atoms with van der Waals surface area (Å²) in [6.07, 6.45) is 4.06. The highest BCUT2D eigenvalue weighted by Gasteiger charge is 2.23. The van der Waals surface area contributed by atoms with Crippen LogP contribution in [0, 0.1) is 6.92 Å². The Morgan fingerprint density at radius 2 is 2.15 bits per heavy atom. The van der Waals surface area contributed by atoms with Gasteiger partial charge in [-0.2, -0.15) is 0 Å². The zero-order valence-electron chi connectivity index (χ0n) is 13.8. The van der Waals surface area contributed by atoms with E-state index in [0.717, 1.165) is 19.1 Å². The van der Waals surface area contributed by atoms with Crippen LogP contribution in [0.1, 0.15) is 62.3 Å². The highest BCUT2D eigenvalue weighted by Crippen LogP contribution is 2.27. The lowest BCUT2D eigenvalue weighted by atomic mass is 10.1. The summed E-state index contributed by atoms with van der Waals surface area (Å²) in [4.78, 5) is 5.65. The van der Waals surface area contributed by atoms with Crippen molar-refractivity contribution in [3.63, 3.8) is 0 Å². The third-order valence-corrected chi connectivity index (χ3v) is 5.30. The van der Waals surface area contributed by atoms with Gasteiger partial charge < -0.3 is 5.32 Å². The number of nitrogens with one attached hydrogen (secondary N) is 1. The van der Waals surface area contributed by atoms with Gasteiger partial charge in [0.25, 0.3) is 0 Å². The number of hydrogen-bond donors (Lipinski definition) is 1. The second-order valence-electron chi connectivity index (χ2n) is 7.07. The molecular formula is C17H30N2S. The van der Waals surface area contributed by atoms with Crippen LogP contribution in [0.2, 0.25) is 0 Å². The molecule has 20 heavy (non-hydrogen) atoms. The predicted octanol–water partition coefficient (Wildman–Crippen LogP) is 4.32. The fourth-order valence-electron chi connectivity index (χ4n) is 2.97. The quantitative estimate of drug-likeness (QED) is 0.870. The van der Waals surface area contributed by atoms with E-state index in [2.05, 4.69) is 50.9 Å². The van der Waals surface area contributed by atoms with Gasteiger partial charge >= 0.3 is 0 Å². The molecule has 2 rings (SSSR count). The van der Waals surface area contributed by atoms with E-state index in [1.54, 1.807) is 5.56 Å². The average Bonchev–Trinajstić information content (AvgIpc) is 2.94. The van der Waals surface area contributed by atoms with E-state index >= 15 is 0 Å². The molecule has 1 aromatic heterocycles. The van der Waals surface area contributed by atoms with Gasteiger partial charge in [0.2, 0.25) is 0 Å². The minimum absolute atomic E-state index is 0.195. The van der Waals surface area contributed by atoms with Crippen LogP contribution >= 0.6 is 11.3 Å². The van der Waals surface area contributed by atoms with E-state index in [-0.39, 0.29) is 5.54 Å². The minimum Gasteiger partial charge on any atom is -0.307 e. The van der Waals surface area contributed by atoms with E-state index in [1.807, 2.05) is 11.3 Å². The summed E-state index contributed by atoms with van der Waals surface area (Å²) < 4.78 is 0. The summed E-state index contributed by atoms with van der Waals surface area (Å²) in [6, 6.07) is 3.23. The molecular weight excluding hydrogens is 264 g/mol. The highest BCUT2D eigenvalue weighted by atomic mass is 32.1. The molecule has 1 aromatic rings. The lowest BCUT2D eigenvalue weighted by Gasteiger charge is -2.23. The molecule has 2 nitrogen and oxygen atoms in total. The van der Waals surface area contributed by atoms with Crippen molar-refractivity contribution in [3.05, 3.63) is 21.4 Å². The Morgan fingerprint density at radius 1 is 1.40 bits per heavy atom. The Bertz CT molecular complexity index is 431. The molecule has 1 atom stereocenters. The SMILES string of the molecule is CCC1CCCN1Cc1cc(CNC(C)(C)C)sc1C. The fourth-order valence-corrected chi connectivity index (χ4v) is 3.96. The van der Waals surface area contributed by atoms with Crippen molar-refractivity contribution in [3.8, 4) is 0 Å². The molecule has 1 saturated heterocycles. The fraction of sp³-hybridized carbons (Fsp3) is 0.765. The van der Waals surface area contributed by atoms with Gasteiger partial charge in [-0.1, -0.05) is 6.92 Å². The van der Waals surface area contributed by atoms with Crippen LogP contribution in [-0.2, 0) is 13.1 Å².